The lowest BCUT2D eigenvalue weighted by atomic mass is 10.1. The van der Waals surface area contributed by atoms with E-state index in [1.807, 2.05) is 39.0 Å². The molecule has 1 amide bonds. The van der Waals surface area contributed by atoms with Crippen LogP contribution in [0.1, 0.15) is 35.9 Å². The van der Waals surface area contributed by atoms with Gasteiger partial charge in [0.1, 0.15) is 5.76 Å². The lowest BCUT2D eigenvalue weighted by molar-refractivity contribution is -0.125. The predicted octanol–water partition coefficient (Wildman–Crippen LogP) is 3.83. The van der Waals surface area contributed by atoms with Crippen LogP contribution in [0, 0.1) is 13.8 Å². The summed E-state index contributed by atoms with van der Waals surface area (Å²) in [6, 6.07) is 10.3. The Morgan fingerprint density at radius 1 is 1.26 bits per heavy atom. The zero-order valence-corrected chi connectivity index (χ0v) is 14.3. The maximum Gasteiger partial charge on any atom is 0.246 e. The topological polar surface area (TPSA) is 46.3 Å². The van der Waals surface area contributed by atoms with Gasteiger partial charge in [-0.3, -0.25) is 4.79 Å². The van der Waals surface area contributed by atoms with Gasteiger partial charge >= 0.3 is 0 Å². The third-order valence-electron chi connectivity index (χ3n) is 3.97. The molecule has 0 spiro atoms. The van der Waals surface area contributed by atoms with Gasteiger partial charge in [-0.05, 0) is 39.2 Å². The van der Waals surface area contributed by atoms with Gasteiger partial charge in [0.15, 0.2) is 0 Å². The molecule has 0 saturated carbocycles. The molecular formula is C19H24N2O2. The molecule has 4 heteroatoms. The third kappa shape index (κ3) is 4.81. The molecule has 0 N–H and O–H groups in total. The van der Waals surface area contributed by atoms with E-state index in [0.29, 0.717) is 6.54 Å². The maximum absolute atomic E-state index is 12.3. The SMILES string of the molecule is CC(=CC(=O)N(C)Cc1c(C)noc1C)CCc1ccccc1. The number of carbonyl (C=O) groups excluding carboxylic acids is 1. The van der Waals surface area contributed by atoms with Crippen molar-refractivity contribution >= 4 is 5.91 Å². The molecule has 0 unspecified atom stereocenters. The van der Waals surface area contributed by atoms with Crippen molar-refractivity contribution in [2.75, 3.05) is 7.05 Å². The smallest absolute Gasteiger partial charge is 0.246 e. The largest absolute Gasteiger partial charge is 0.361 e. The highest BCUT2D eigenvalue weighted by atomic mass is 16.5. The molecule has 4 nitrogen and oxygen atoms in total. The van der Waals surface area contributed by atoms with Crippen LogP contribution < -0.4 is 0 Å². The van der Waals surface area contributed by atoms with Crippen LogP contribution in [0.15, 0.2) is 46.5 Å². The van der Waals surface area contributed by atoms with Crippen LogP contribution in [0.4, 0.5) is 0 Å². The standard InChI is InChI=1S/C19H24N2O2/c1-14(10-11-17-8-6-5-7-9-17)12-19(22)21(4)13-18-15(2)20-23-16(18)3/h5-9,12H,10-11,13H2,1-4H3. The second-order valence-electron chi connectivity index (χ2n) is 5.97. The van der Waals surface area contributed by atoms with Gasteiger partial charge < -0.3 is 9.42 Å². The fraction of sp³-hybridized carbons (Fsp3) is 0.368. The van der Waals surface area contributed by atoms with Crippen LogP contribution in [-0.2, 0) is 17.8 Å². The fourth-order valence-electron chi connectivity index (χ4n) is 2.42. The first kappa shape index (κ1) is 17.0. The molecule has 0 fully saturated rings. The monoisotopic (exact) mass is 312 g/mol. The quantitative estimate of drug-likeness (QED) is 0.762. The zero-order chi connectivity index (χ0) is 16.8. The van der Waals surface area contributed by atoms with Crippen LogP contribution in [-0.4, -0.2) is 23.0 Å². The van der Waals surface area contributed by atoms with E-state index >= 15 is 0 Å². The second kappa shape index (κ2) is 7.77. The first-order valence-electron chi connectivity index (χ1n) is 7.85. The first-order valence-corrected chi connectivity index (χ1v) is 7.85. The predicted molar refractivity (Wildman–Crippen MR) is 91.0 cm³/mol. The molecule has 0 aliphatic rings. The summed E-state index contributed by atoms with van der Waals surface area (Å²) in [6.45, 7) is 6.28. The summed E-state index contributed by atoms with van der Waals surface area (Å²) in [7, 11) is 1.80. The summed E-state index contributed by atoms with van der Waals surface area (Å²) >= 11 is 0. The van der Waals surface area contributed by atoms with Crippen molar-refractivity contribution in [1.82, 2.24) is 10.1 Å². The molecule has 1 aromatic heterocycles. The minimum Gasteiger partial charge on any atom is -0.361 e. The summed E-state index contributed by atoms with van der Waals surface area (Å²) < 4.78 is 5.14. The summed E-state index contributed by atoms with van der Waals surface area (Å²) in [5, 5.41) is 3.92. The molecule has 23 heavy (non-hydrogen) atoms. The van der Waals surface area contributed by atoms with Gasteiger partial charge in [-0.1, -0.05) is 41.1 Å². The number of rotatable bonds is 6. The molecule has 0 radical (unpaired) electrons. The van der Waals surface area contributed by atoms with Crippen molar-refractivity contribution < 1.29 is 9.32 Å². The lowest BCUT2D eigenvalue weighted by Crippen LogP contribution is -2.25. The number of likely N-dealkylation sites (N-methyl/N-ethyl adjacent to an activating group) is 1. The lowest BCUT2D eigenvalue weighted by Gasteiger charge is -2.15. The summed E-state index contributed by atoms with van der Waals surface area (Å²) in [5.74, 6) is 0.780. The van der Waals surface area contributed by atoms with E-state index in [4.69, 9.17) is 4.52 Å². The van der Waals surface area contributed by atoms with Gasteiger partial charge in [-0.2, -0.15) is 0 Å². The van der Waals surface area contributed by atoms with E-state index in [1.54, 1.807) is 18.0 Å². The molecular weight excluding hydrogens is 288 g/mol. The van der Waals surface area contributed by atoms with Crippen molar-refractivity contribution in [3.05, 3.63) is 64.6 Å². The molecule has 2 rings (SSSR count). The average Bonchev–Trinajstić information content (AvgIpc) is 2.85. The van der Waals surface area contributed by atoms with E-state index in [1.165, 1.54) is 5.56 Å². The van der Waals surface area contributed by atoms with Crippen molar-refractivity contribution in [3.63, 3.8) is 0 Å². The number of allylic oxidation sites excluding steroid dienone is 1. The number of aryl methyl sites for hydroxylation is 3. The molecule has 0 atom stereocenters. The molecule has 0 saturated heterocycles. The van der Waals surface area contributed by atoms with Crippen LogP contribution in [0.5, 0.6) is 0 Å². The molecule has 1 aromatic carbocycles. The van der Waals surface area contributed by atoms with Crippen LogP contribution in [0.25, 0.3) is 0 Å². The highest BCUT2D eigenvalue weighted by Gasteiger charge is 2.14. The van der Waals surface area contributed by atoms with Gasteiger partial charge in [0.05, 0.1) is 12.2 Å². The Bertz CT molecular complexity index is 667. The number of hydrogen-bond donors (Lipinski definition) is 0. The van der Waals surface area contributed by atoms with Gasteiger partial charge in [-0.15, -0.1) is 0 Å². The Hall–Kier alpha value is -2.36. The molecule has 0 aliphatic carbocycles. The highest BCUT2D eigenvalue weighted by Crippen LogP contribution is 2.15. The van der Waals surface area contributed by atoms with E-state index in [9.17, 15) is 4.79 Å². The van der Waals surface area contributed by atoms with Gasteiger partial charge in [-0.25, -0.2) is 0 Å². The average molecular weight is 312 g/mol. The van der Waals surface area contributed by atoms with E-state index in [2.05, 4.69) is 17.3 Å². The number of benzene rings is 1. The molecule has 122 valence electrons. The van der Waals surface area contributed by atoms with E-state index < -0.39 is 0 Å². The van der Waals surface area contributed by atoms with E-state index in [-0.39, 0.29) is 5.91 Å². The van der Waals surface area contributed by atoms with Gasteiger partial charge in [0.25, 0.3) is 0 Å². The molecule has 0 bridgehead atoms. The highest BCUT2D eigenvalue weighted by molar-refractivity contribution is 5.88. The van der Waals surface area contributed by atoms with Gasteiger partial charge in [0, 0.05) is 18.7 Å². The van der Waals surface area contributed by atoms with Gasteiger partial charge in [0.2, 0.25) is 5.91 Å². The second-order valence-corrected chi connectivity index (χ2v) is 5.97. The van der Waals surface area contributed by atoms with Crippen LogP contribution in [0.2, 0.25) is 0 Å². The van der Waals surface area contributed by atoms with Crippen LogP contribution >= 0.6 is 0 Å². The number of carbonyl (C=O) groups is 1. The number of nitrogens with zero attached hydrogens (tertiary/aromatic N) is 2. The minimum absolute atomic E-state index is 0.00978. The maximum atomic E-state index is 12.3. The van der Waals surface area contributed by atoms with Crippen molar-refractivity contribution in [3.8, 4) is 0 Å². The van der Waals surface area contributed by atoms with Crippen molar-refractivity contribution in [1.29, 1.82) is 0 Å². The Morgan fingerprint density at radius 2 is 1.96 bits per heavy atom. The van der Waals surface area contributed by atoms with Crippen molar-refractivity contribution in [2.45, 2.75) is 40.2 Å². The molecule has 1 heterocycles. The Kier molecular flexibility index (Phi) is 5.74. The first-order chi connectivity index (χ1) is 11.0. The zero-order valence-electron chi connectivity index (χ0n) is 14.3. The summed E-state index contributed by atoms with van der Waals surface area (Å²) in [4.78, 5) is 14.0. The normalized spacial score (nSPS) is 11.6. The fourth-order valence-corrected chi connectivity index (χ4v) is 2.42. The molecule has 2 aromatic rings. The summed E-state index contributed by atoms with van der Waals surface area (Å²) in [5.41, 5.74) is 4.20. The number of aromatic nitrogens is 1. The minimum atomic E-state index is 0.00978. The van der Waals surface area contributed by atoms with E-state index in [0.717, 1.165) is 35.4 Å². The third-order valence-corrected chi connectivity index (χ3v) is 3.97. The number of amides is 1. The number of hydrogen-bond acceptors (Lipinski definition) is 3. The molecule has 0 aliphatic heterocycles. The Morgan fingerprint density at radius 3 is 2.57 bits per heavy atom. The van der Waals surface area contributed by atoms with Crippen LogP contribution in [0.3, 0.4) is 0 Å². The van der Waals surface area contributed by atoms with Crippen molar-refractivity contribution in [2.24, 2.45) is 0 Å². The summed E-state index contributed by atoms with van der Waals surface area (Å²) in [6.07, 6.45) is 3.56. The Labute approximate surface area is 137 Å². The Balaban J connectivity index is 1.91.